The van der Waals surface area contributed by atoms with Crippen LogP contribution in [-0.4, -0.2) is 6.29 Å². The van der Waals surface area contributed by atoms with E-state index in [0.29, 0.717) is 0 Å². The zero-order chi connectivity index (χ0) is 9.97. The van der Waals surface area contributed by atoms with Gasteiger partial charge in [-0.2, -0.15) is 0 Å². The fourth-order valence-corrected chi connectivity index (χ4v) is 1.84. The molecule has 1 aliphatic carbocycles. The molecule has 0 N–H and O–H groups in total. The van der Waals surface area contributed by atoms with Crippen LogP contribution < -0.4 is 0 Å². The second kappa shape index (κ2) is 3.74. The average Bonchev–Trinajstić information content (AvgIpc) is 2.67. The maximum absolute atomic E-state index is 12.7. The van der Waals surface area contributed by atoms with Crippen molar-refractivity contribution in [3.8, 4) is 0 Å². The van der Waals surface area contributed by atoms with Crippen molar-refractivity contribution in [2.75, 3.05) is 0 Å². The van der Waals surface area contributed by atoms with Crippen LogP contribution in [0.2, 0.25) is 0 Å². The Bertz CT molecular complexity index is 364. The molecule has 14 heavy (non-hydrogen) atoms. The molecule has 0 heterocycles. The summed E-state index contributed by atoms with van der Waals surface area (Å²) in [6, 6.07) is 6.30. The summed E-state index contributed by atoms with van der Waals surface area (Å²) < 4.78 is 12.7. The number of hydrogen-bond donors (Lipinski definition) is 0. The molecule has 0 saturated carbocycles. The standard InChI is InChI=1S/C12H11FO/c13-11-6-4-9(5-7-11)12-3-1-2-10(12)8-14/h3-8,10H,1-2H2. The molecule has 1 aromatic carbocycles. The molecule has 1 aliphatic rings. The van der Waals surface area contributed by atoms with Gasteiger partial charge in [-0.15, -0.1) is 0 Å². The van der Waals surface area contributed by atoms with Gasteiger partial charge in [0.15, 0.2) is 0 Å². The molecule has 0 radical (unpaired) electrons. The van der Waals surface area contributed by atoms with Gasteiger partial charge in [0.25, 0.3) is 0 Å². The van der Waals surface area contributed by atoms with Crippen molar-refractivity contribution < 1.29 is 9.18 Å². The minimum atomic E-state index is -0.241. The molecular formula is C12H11FO. The lowest BCUT2D eigenvalue weighted by molar-refractivity contribution is -0.109. The SMILES string of the molecule is O=CC1CCC=C1c1ccc(F)cc1. The van der Waals surface area contributed by atoms with Gasteiger partial charge in [-0.05, 0) is 36.1 Å². The first-order chi connectivity index (χ1) is 6.81. The lowest BCUT2D eigenvalue weighted by Gasteiger charge is -2.07. The number of halogens is 1. The Hall–Kier alpha value is -1.44. The van der Waals surface area contributed by atoms with E-state index in [0.717, 1.165) is 30.3 Å². The molecule has 0 aliphatic heterocycles. The molecule has 0 fully saturated rings. The lowest BCUT2D eigenvalue weighted by atomic mass is 9.96. The Labute approximate surface area is 82.3 Å². The highest BCUT2D eigenvalue weighted by atomic mass is 19.1. The second-order valence-corrected chi connectivity index (χ2v) is 3.49. The highest BCUT2D eigenvalue weighted by molar-refractivity contribution is 5.82. The van der Waals surface area contributed by atoms with Crippen LogP contribution >= 0.6 is 0 Å². The van der Waals surface area contributed by atoms with Crippen LogP contribution in [0.3, 0.4) is 0 Å². The van der Waals surface area contributed by atoms with E-state index in [1.165, 1.54) is 12.1 Å². The highest BCUT2D eigenvalue weighted by Crippen LogP contribution is 2.32. The molecule has 1 unspecified atom stereocenters. The van der Waals surface area contributed by atoms with E-state index in [2.05, 4.69) is 6.08 Å². The third-order valence-electron chi connectivity index (χ3n) is 2.58. The third kappa shape index (κ3) is 1.60. The summed E-state index contributed by atoms with van der Waals surface area (Å²) in [5.74, 6) is -0.240. The van der Waals surface area contributed by atoms with Gasteiger partial charge >= 0.3 is 0 Å². The molecule has 0 aromatic heterocycles. The smallest absolute Gasteiger partial charge is 0.127 e. The largest absolute Gasteiger partial charge is 0.303 e. The second-order valence-electron chi connectivity index (χ2n) is 3.49. The van der Waals surface area contributed by atoms with Crippen LogP contribution in [0.15, 0.2) is 30.3 Å². The van der Waals surface area contributed by atoms with E-state index in [4.69, 9.17) is 0 Å². The average molecular weight is 190 g/mol. The Balaban J connectivity index is 2.30. The summed E-state index contributed by atoms with van der Waals surface area (Å²) >= 11 is 0. The number of benzene rings is 1. The van der Waals surface area contributed by atoms with Gasteiger partial charge in [-0.25, -0.2) is 4.39 Å². The van der Waals surface area contributed by atoms with Gasteiger partial charge in [-0.3, -0.25) is 0 Å². The van der Waals surface area contributed by atoms with Gasteiger partial charge in [0, 0.05) is 5.92 Å². The van der Waals surface area contributed by atoms with Crippen LogP contribution in [0.5, 0.6) is 0 Å². The van der Waals surface area contributed by atoms with Crippen LogP contribution in [0, 0.1) is 11.7 Å². The molecule has 72 valence electrons. The van der Waals surface area contributed by atoms with Crippen molar-refractivity contribution in [3.63, 3.8) is 0 Å². The van der Waals surface area contributed by atoms with E-state index in [1.807, 2.05) is 0 Å². The lowest BCUT2D eigenvalue weighted by Crippen LogP contribution is -1.99. The minimum Gasteiger partial charge on any atom is -0.303 e. The molecule has 2 heteroatoms. The topological polar surface area (TPSA) is 17.1 Å². The quantitative estimate of drug-likeness (QED) is 0.655. The molecule has 0 amide bonds. The minimum absolute atomic E-state index is 0.000427. The number of hydrogen-bond acceptors (Lipinski definition) is 1. The van der Waals surface area contributed by atoms with Gasteiger partial charge in [0.05, 0.1) is 0 Å². The monoisotopic (exact) mass is 190 g/mol. The van der Waals surface area contributed by atoms with Gasteiger partial charge in [0.1, 0.15) is 12.1 Å². The molecule has 1 nitrogen and oxygen atoms in total. The zero-order valence-electron chi connectivity index (χ0n) is 7.74. The van der Waals surface area contributed by atoms with Gasteiger partial charge in [0.2, 0.25) is 0 Å². The molecule has 0 bridgehead atoms. The predicted molar refractivity (Wildman–Crippen MR) is 53.2 cm³/mol. The maximum Gasteiger partial charge on any atom is 0.127 e. The number of carbonyl (C=O) groups is 1. The van der Waals surface area contributed by atoms with Gasteiger partial charge < -0.3 is 4.79 Å². The maximum atomic E-state index is 12.7. The van der Waals surface area contributed by atoms with Crippen molar-refractivity contribution >= 4 is 11.9 Å². The number of rotatable bonds is 2. The van der Waals surface area contributed by atoms with Gasteiger partial charge in [-0.1, -0.05) is 18.2 Å². The summed E-state index contributed by atoms with van der Waals surface area (Å²) in [7, 11) is 0. The summed E-state index contributed by atoms with van der Waals surface area (Å²) in [6.45, 7) is 0. The Morgan fingerprint density at radius 1 is 1.29 bits per heavy atom. The Morgan fingerprint density at radius 3 is 2.64 bits per heavy atom. The van der Waals surface area contributed by atoms with Crippen molar-refractivity contribution in [1.29, 1.82) is 0 Å². The number of carbonyl (C=O) groups excluding carboxylic acids is 1. The normalized spacial score (nSPS) is 20.6. The van der Waals surface area contributed by atoms with Crippen molar-refractivity contribution in [1.82, 2.24) is 0 Å². The van der Waals surface area contributed by atoms with Crippen LogP contribution in [-0.2, 0) is 4.79 Å². The molecule has 2 rings (SSSR count). The van der Waals surface area contributed by atoms with Crippen LogP contribution in [0.25, 0.3) is 5.57 Å². The molecular weight excluding hydrogens is 179 g/mol. The zero-order valence-corrected chi connectivity index (χ0v) is 7.74. The number of allylic oxidation sites excluding steroid dienone is 2. The molecule has 1 aromatic rings. The van der Waals surface area contributed by atoms with Crippen molar-refractivity contribution in [3.05, 3.63) is 41.7 Å². The first-order valence-electron chi connectivity index (χ1n) is 4.72. The fourth-order valence-electron chi connectivity index (χ4n) is 1.84. The Kier molecular flexibility index (Phi) is 2.44. The molecule has 1 atom stereocenters. The Morgan fingerprint density at radius 2 is 2.00 bits per heavy atom. The summed E-state index contributed by atoms with van der Waals surface area (Å²) in [4.78, 5) is 10.7. The first kappa shape index (κ1) is 9.13. The fraction of sp³-hybridized carbons (Fsp3) is 0.250. The molecule has 0 spiro atoms. The van der Waals surface area contributed by atoms with E-state index in [1.54, 1.807) is 12.1 Å². The summed E-state index contributed by atoms with van der Waals surface area (Å²) in [5.41, 5.74) is 2.00. The summed E-state index contributed by atoms with van der Waals surface area (Å²) in [5, 5.41) is 0. The summed E-state index contributed by atoms with van der Waals surface area (Å²) in [6.07, 6.45) is 4.86. The van der Waals surface area contributed by atoms with E-state index < -0.39 is 0 Å². The van der Waals surface area contributed by atoms with E-state index >= 15 is 0 Å². The first-order valence-corrected chi connectivity index (χ1v) is 4.72. The predicted octanol–water partition coefficient (Wildman–Crippen LogP) is 2.82. The number of aldehydes is 1. The van der Waals surface area contributed by atoms with Crippen LogP contribution in [0.1, 0.15) is 18.4 Å². The van der Waals surface area contributed by atoms with E-state index in [-0.39, 0.29) is 11.7 Å². The van der Waals surface area contributed by atoms with Crippen molar-refractivity contribution in [2.45, 2.75) is 12.8 Å². The van der Waals surface area contributed by atoms with E-state index in [9.17, 15) is 9.18 Å². The molecule has 0 saturated heterocycles. The van der Waals surface area contributed by atoms with Crippen molar-refractivity contribution in [2.24, 2.45) is 5.92 Å². The third-order valence-corrected chi connectivity index (χ3v) is 2.58. The van der Waals surface area contributed by atoms with Crippen LogP contribution in [0.4, 0.5) is 4.39 Å². The highest BCUT2D eigenvalue weighted by Gasteiger charge is 2.19.